The van der Waals surface area contributed by atoms with Gasteiger partial charge in [0, 0.05) is 17.8 Å². The van der Waals surface area contributed by atoms with Crippen LogP contribution in [0.3, 0.4) is 0 Å². The molecule has 26 heavy (non-hydrogen) atoms. The zero-order chi connectivity index (χ0) is 17.8. The Bertz CT molecular complexity index is 1040. The SMILES string of the molecule is CC/C(=C\c1ccc2[nH]ncc2c1)c1ccc(Oc2ncccn2)cc1. The summed E-state index contributed by atoms with van der Waals surface area (Å²) in [5, 5.41) is 8.16. The Balaban J connectivity index is 1.57. The van der Waals surface area contributed by atoms with Crippen molar-refractivity contribution in [3.63, 3.8) is 0 Å². The monoisotopic (exact) mass is 342 g/mol. The molecule has 0 bridgehead atoms. The maximum atomic E-state index is 5.65. The standard InChI is InChI=1S/C21H18N4O/c1-2-16(12-15-4-9-20-18(13-15)14-24-25-20)17-5-7-19(8-6-17)26-21-22-10-3-11-23-21/h3-14H,2H2,1H3,(H,24,25)/b16-12+. The maximum absolute atomic E-state index is 5.65. The number of hydrogen-bond donors (Lipinski definition) is 1. The molecule has 0 unspecified atom stereocenters. The topological polar surface area (TPSA) is 63.7 Å². The molecular formula is C21H18N4O. The summed E-state index contributed by atoms with van der Waals surface area (Å²) in [6.45, 7) is 2.16. The molecule has 0 amide bonds. The van der Waals surface area contributed by atoms with E-state index in [-0.39, 0.29) is 0 Å². The quantitative estimate of drug-likeness (QED) is 0.513. The average Bonchev–Trinajstić information content (AvgIpc) is 3.15. The minimum absolute atomic E-state index is 0.347. The summed E-state index contributed by atoms with van der Waals surface area (Å²) in [7, 11) is 0. The van der Waals surface area contributed by atoms with E-state index >= 15 is 0 Å². The fourth-order valence-electron chi connectivity index (χ4n) is 2.82. The van der Waals surface area contributed by atoms with Crippen LogP contribution in [-0.2, 0) is 0 Å². The number of allylic oxidation sites excluding steroid dienone is 1. The Hall–Kier alpha value is -3.47. The lowest BCUT2D eigenvalue weighted by Crippen LogP contribution is -1.90. The predicted molar refractivity (Wildman–Crippen MR) is 103 cm³/mol. The molecule has 2 aromatic carbocycles. The molecule has 1 N–H and O–H groups in total. The fourth-order valence-corrected chi connectivity index (χ4v) is 2.82. The first-order valence-electron chi connectivity index (χ1n) is 8.51. The number of ether oxygens (including phenoxy) is 1. The summed E-state index contributed by atoms with van der Waals surface area (Å²) in [5.41, 5.74) is 4.63. The lowest BCUT2D eigenvalue weighted by molar-refractivity contribution is 0.441. The molecule has 4 rings (SSSR count). The van der Waals surface area contributed by atoms with Gasteiger partial charge in [0.05, 0.1) is 11.7 Å². The molecule has 4 aromatic rings. The van der Waals surface area contributed by atoms with Crippen LogP contribution in [0.25, 0.3) is 22.6 Å². The third-order valence-corrected chi connectivity index (χ3v) is 4.16. The molecule has 0 atom stereocenters. The third-order valence-electron chi connectivity index (χ3n) is 4.16. The molecule has 0 saturated heterocycles. The van der Waals surface area contributed by atoms with E-state index in [1.54, 1.807) is 18.5 Å². The number of nitrogens with one attached hydrogen (secondary N) is 1. The summed E-state index contributed by atoms with van der Waals surface area (Å²) in [4.78, 5) is 8.14. The zero-order valence-electron chi connectivity index (χ0n) is 14.4. The minimum Gasteiger partial charge on any atom is -0.424 e. The van der Waals surface area contributed by atoms with Crippen molar-refractivity contribution in [3.8, 4) is 11.8 Å². The lowest BCUT2D eigenvalue weighted by atomic mass is 10.00. The minimum atomic E-state index is 0.347. The van der Waals surface area contributed by atoms with Gasteiger partial charge in [-0.05, 0) is 53.5 Å². The second kappa shape index (κ2) is 7.19. The predicted octanol–water partition coefficient (Wildman–Crippen LogP) is 5.10. The van der Waals surface area contributed by atoms with Crippen LogP contribution in [0.15, 0.2) is 67.1 Å². The molecule has 0 saturated carbocycles. The average molecular weight is 342 g/mol. The van der Waals surface area contributed by atoms with E-state index in [0.717, 1.165) is 28.6 Å². The number of aromatic nitrogens is 4. The van der Waals surface area contributed by atoms with Crippen molar-refractivity contribution >= 4 is 22.6 Å². The molecule has 0 radical (unpaired) electrons. The van der Waals surface area contributed by atoms with Crippen molar-refractivity contribution in [2.45, 2.75) is 13.3 Å². The van der Waals surface area contributed by atoms with Crippen LogP contribution < -0.4 is 4.74 Å². The Morgan fingerprint density at radius 2 is 1.88 bits per heavy atom. The van der Waals surface area contributed by atoms with Crippen molar-refractivity contribution in [1.82, 2.24) is 20.2 Å². The molecule has 0 aliphatic heterocycles. The summed E-state index contributed by atoms with van der Waals surface area (Å²) in [6.07, 6.45) is 8.31. The zero-order valence-corrected chi connectivity index (χ0v) is 14.4. The van der Waals surface area contributed by atoms with Crippen LogP contribution in [0.1, 0.15) is 24.5 Å². The van der Waals surface area contributed by atoms with E-state index in [1.165, 1.54) is 11.1 Å². The highest BCUT2D eigenvalue weighted by Gasteiger charge is 2.04. The van der Waals surface area contributed by atoms with Gasteiger partial charge in [0.15, 0.2) is 0 Å². The molecule has 5 heteroatoms. The van der Waals surface area contributed by atoms with Crippen molar-refractivity contribution in [1.29, 1.82) is 0 Å². The second-order valence-electron chi connectivity index (χ2n) is 5.90. The Morgan fingerprint density at radius 3 is 2.65 bits per heavy atom. The molecule has 128 valence electrons. The first kappa shape index (κ1) is 16.0. The molecule has 2 aromatic heterocycles. The van der Waals surface area contributed by atoms with E-state index in [1.807, 2.05) is 18.3 Å². The van der Waals surface area contributed by atoms with Gasteiger partial charge >= 0.3 is 6.01 Å². The van der Waals surface area contributed by atoms with Crippen LogP contribution in [0.4, 0.5) is 0 Å². The van der Waals surface area contributed by atoms with Gasteiger partial charge in [0.2, 0.25) is 0 Å². The Labute approximate surface area is 151 Å². The van der Waals surface area contributed by atoms with Gasteiger partial charge in [0.1, 0.15) is 5.75 Å². The largest absolute Gasteiger partial charge is 0.424 e. The van der Waals surface area contributed by atoms with Crippen LogP contribution >= 0.6 is 0 Å². The molecule has 2 heterocycles. The summed E-state index contributed by atoms with van der Waals surface area (Å²) in [6, 6.07) is 16.4. The highest BCUT2D eigenvalue weighted by atomic mass is 16.5. The van der Waals surface area contributed by atoms with E-state index < -0.39 is 0 Å². The van der Waals surface area contributed by atoms with Crippen LogP contribution in [0.5, 0.6) is 11.8 Å². The number of hydrogen-bond acceptors (Lipinski definition) is 4. The van der Waals surface area contributed by atoms with E-state index in [0.29, 0.717) is 6.01 Å². The molecule has 0 aliphatic rings. The van der Waals surface area contributed by atoms with Crippen molar-refractivity contribution < 1.29 is 4.74 Å². The number of aromatic amines is 1. The van der Waals surface area contributed by atoms with Gasteiger partial charge in [-0.3, -0.25) is 5.10 Å². The lowest BCUT2D eigenvalue weighted by Gasteiger charge is -2.08. The van der Waals surface area contributed by atoms with Gasteiger partial charge < -0.3 is 4.74 Å². The molecular weight excluding hydrogens is 324 g/mol. The Kier molecular flexibility index (Phi) is 4.43. The van der Waals surface area contributed by atoms with Crippen LogP contribution in [-0.4, -0.2) is 20.2 Å². The van der Waals surface area contributed by atoms with Gasteiger partial charge in [-0.2, -0.15) is 5.10 Å². The fraction of sp³-hybridized carbons (Fsp3) is 0.0952. The third kappa shape index (κ3) is 3.47. The van der Waals surface area contributed by atoms with Gasteiger partial charge in [0.25, 0.3) is 0 Å². The maximum Gasteiger partial charge on any atom is 0.321 e. The highest BCUT2D eigenvalue weighted by molar-refractivity contribution is 5.86. The molecule has 0 aliphatic carbocycles. The second-order valence-corrected chi connectivity index (χ2v) is 5.90. The summed E-state index contributed by atoms with van der Waals surface area (Å²) < 4.78 is 5.65. The van der Waals surface area contributed by atoms with Crippen molar-refractivity contribution in [2.24, 2.45) is 0 Å². The molecule has 5 nitrogen and oxygen atoms in total. The van der Waals surface area contributed by atoms with Crippen molar-refractivity contribution in [3.05, 3.63) is 78.2 Å². The number of nitrogens with zero attached hydrogens (tertiary/aromatic N) is 3. The molecule has 0 fully saturated rings. The highest BCUT2D eigenvalue weighted by Crippen LogP contribution is 2.26. The van der Waals surface area contributed by atoms with E-state index in [2.05, 4.69) is 63.5 Å². The smallest absolute Gasteiger partial charge is 0.321 e. The number of rotatable bonds is 5. The van der Waals surface area contributed by atoms with Gasteiger partial charge in [-0.1, -0.05) is 31.2 Å². The first-order valence-corrected chi connectivity index (χ1v) is 8.51. The summed E-state index contributed by atoms with van der Waals surface area (Å²) >= 11 is 0. The van der Waals surface area contributed by atoms with Crippen LogP contribution in [0, 0.1) is 0 Å². The van der Waals surface area contributed by atoms with Gasteiger partial charge in [-0.25, -0.2) is 9.97 Å². The number of fused-ring (bicyclic) bond motifs is 1. The number of benzene rings is 2. The van der Waals surface area contributed by atoms with Crippen LogP contribution in [0.2, 0.25) is 0 Å². The first-order chi connectivity index (χ1) is 12.8. The van der Waals surface area contributed by atoms with Gasteiger partial charge in [-0.15, -0.1) is 0 Å². The van der Waals surface area contributed by atoms with Crippen molar-refractivity contribution in [2.75, 3.05) is 0 Å². The molecule has 0 spiro atoms. The normalized spacial score (nSPS) is 11.7. The van der Waals surface area contributed by atoms with E-state index in [4.69, 9.17) is 4.74 Å². The summed E-state index contributed by atoms with van der Waals surface area (Å²) in [5.74, 6) is 0.718. The number of H-pyrrole nitrogens is 1. The Morgan fingerprint density at radius 1 is 1.08 bits per heavy atom. The van der Waals surface area contributed by atoms with E-state index in [9.17, 15) is 0 Å².